The Morgan fingerprint density at radius 1 is 0.792 bits per heavy atom. The van der Waals surface area contributed by atoms with E-state index >= 15 is 0 Å². The average molecular weight is 325 g/mol. The molecule has 0 spiro atoms. The maximum Gasteiger partial charge on any atom is 0.128 e. The third-order valence-corrected chi connectivity index (χ3v) is 4.05. The normalized spacial score (nSPS) is 12.8. The van der Waals surface area contributed by atoms with E-state index in [4.69, 9.17) is 0 Å². The number of nitrogens with zero attached hydrogens (tertiary/aromatic N) is 1. The molecule has 0 amide bonds. The number of aliphatic imine (C=N–C) groups is 1. The summed E-state index contributed by atoms with van der Waals surface area (Å²) >= 11 is 0. The van der Waals surface area contributed by atoms with Crippen molar-refractivity contribution < 1.29 is 10.2 Å². The van der Waals surface area contributed by atoms with Crippen molar-refractivity contribution in [3.63, 3.8) is 0 Å². The highest BCUT2D eigenvalue weighted by atomic mass is 16.3. The van der Waals surface area contributed by atoms with E-state index in [0.29, 0.717) is 5.56 Å². The Balaban J connectivity index is 2.52. The summed E-state index contributed by atoms with van der Waals surface area (Å²) < 4.78 is 0. The predicted molar refractivity (Wildman–Crippen MR) is 101 cm³/mol. The van der Waals surface area contributed by atoms with Crippen molar-refractivity contribution in [3.8, 4) is 11.5 Å². The Bertz CT molecular complexity index is 710. The fourth-order valence-corrected chi connectivity index (χ4v) is 2.36. The second-order valence-corrected chi connectivity index (χ2v) is 8.24. The van der Waals surface area contributed by atoms with Crippen molar-refractivity contribution in [1.82, 2.24) is 0 Å². The standard InChI is InChI=1S/C21H27NO2/c1-20(2,3)14-10-15(21(4,5)6)12-16(11-14)22-13-17-18(23)8-7-9-19(17)24/h7-13,23-24H,1-6H3. The van der Waals surface area contributed by atoms with Crippen molar-refractivity contribution >= 4 is 11.9 Å². The summed E-state index contributed by atoms with van der Waals surface area (Å²) in [6.45, 7) is 13.1. The van der Waals surface area contributed by atoms with E-state index in [-0.39, 0.29) is 22.3 Å². The van der Waals surface area contributed by atoms with Gasteiger partial charge < -0.3 is 10.2 Å². The fourth-order valence-electron chi connectivity index (χ4n) is 2.36. The number of hydrogen-bond acceptors (Lipinski definition) is 3. The molecule has 0 aromatic heterocycles. The molecule has 0 bridgehead atoms. The minimum Gasteiger partial charge on any atom is -0.507 e. The quantitative estimate of drug-likeness (QED) is 0.722. The Kier molecular flexibility index (Phi) is 4.75. The van der Waals surface area contributed by atoms with Crippen LogP contribution in [0.4, 0.5) is 5.69 Å². The molecular formula is C21H27NO2. The lowest BCUT2D eigenvalue weighted by molar-refractivity contribution is 0.449. The highest BCUT2D eigenvalue weighted by Gasteiger charge is 2.20. The van der Waals surface area contributed by atoms with E-state index in [1.807, 2.05) is 0 Å². The predicted octanol–water partition coefficient (Wildman–Crippen LogP) is 5.44. The van der Waals surface area contributed by atoms with Crippen molar-refractivity contribution in [2.75, 3.05) is 0 Å². The third kappa shape index (κ3) is 4.16. The molecule has 3 heteroatoms. The van der Waals surface area contributed by atoms with E-state index in [2.05, 4.69) is 64.7 Å². The minimum absolute atomic E-state index is 0.0155. The van der Waals surface area contributed by atoms with Crippen LogP contribution in [0.2, 0.25) is 0 Å². The van der Waals surface area contributed by atoms with E-state index in [9.17, 15) is 10.2 Å². The van der Waals surface area contributed by atoms with Gasteiger partial charge in [0.25, 0.3) is 0 Å². The molecule has 0 aliphatic carbocycles. The molecular weight excluding hydrogens is 298 g/mol. The molecule has 0 unspecified atom stereocenters. The molecule has 0 fully saturated rings. The van der Waals surface area contributed by atoms with Crippen LogP contribution >= 0.6 is 0 Å². The lowest BCUT2D eigenvalue weighted by atomic mass is 9.80. The van der Waals surface area contributed by atoms with Gasteiger partial charge in [0.2, 0.25) is 0 Å². The lowest BCUT2D eigenvalue weighted by Gasteiger charge is -2.25. The molecule has 0 atom stereocenters. The maximum atomic E-state index is 9.89. The van der Waals surface area contributed by atoms with Crippen LogP contribution in [0, 0.1) is 0 Å². The topological polar surface area (TPSA) is 52.8 Å². The summed E-state index contributed by atoms with van der Waals surface area (Å²) in [4.78, 5) is 4.50. The maximum absolute atomic E-state index is 9.89. The van der Waals surface area contributed by atoms with E-state index in [1.54, 1.807) is 6.07 Å². The van der Waals surface area contributed by atoms with Gasteiger partial charge in [0.1, 0.15) is 11.5 Å². The highest BCUT2D eigenvalue weighted by molar-refractivity contribution is 5.88. The second kappa shape index (κ2) is 6.31. The Labute approximate surface area is 144 Å². The molecule has 24 heavy (non-hydrogen) atoms. The summed E-state index contributed by atoms with van der Waals surface area (Å²) in [5.41, 5.74) is 3.60. The fraction of sp³-hybridized carbons (Fsp3) is 0.381. The zero-order valence-corrected chi connectivity index (χ0v) is 15.4. The van der Waals surface area contributed by atoms with Gasteiger partial charge in [-0.1, -0.05) is 53.7 Å². The summed E-state index contributed by atoms with van der Waals surface area (Å²) in [6.07, 6.45) is 1.51. The zero-order chi connectivity index (χ0) is 18.1. The number of hydrogen-bond donors (Lipinski definition) is 2. The van der Waals surface area contributed by atoms with Gasteiger partial charge in [-0.05, 0) is 46.2 Å². The van der Waals surface area contributed by atoms with Gasteiger partial charge in [0.15, 0.2) is 0 Å². The van der Waals surface area contributed by atoms with Gasteiger partial charge in [0, 0.05) is 6.21 Å². The molecule has 0 aliphatic rings. The average Bonchev–Trinajstić information content (AvgIpc) is 2.44. The van der Waals surface area contributed by atoms with Crippen molar-refractivity contribution in [1.29, 1.82) is 0 Å². The summed E-state index contributed by atoms with van der Waals surface area (Å²) in [5.74, 6) is 0.0311. The van der Waals surface area contributed by atoms with Crippen LogP contribution in [0.1, 0.15) is 58.2 Å². The molecule has 0 aliphatic heterocycles. The van der Waals surface area contributed by atoms with Crippen LogP contribution < -0.4 is 0 Å². The number of phenolic OH excluding ortho intramolecular Hbond substituents is 2. The van der Waals surface area contributed by atoms with E-state index < -0.39 is 0 Å². The van der Waals surface area contributed by atoms with Crippen molar-refractivity contribution in [2.45, 2.75) is 52.4 Å². The number of aromatic hydroxyl groups is 2. The first-order valence-corrected chi connectivity index (χ1v) is 8.19. The van der Waals surface area contributed by atoms with Gasteiger partial charge in [0.05, 0.1) is 11.3 Å². The van der Waals surface area contributed by atoms with E-state index in [0.717, 1.165) is 5.69 Å². The Hall–Kier alpha value is -2.29. The molecule has 2 rings (SSSR count). The highest BCUT2D eigenvalue weighted by Crippen LogP contribution is 2.33. The molecule has 0 heterocycles. The number of rotatable bonds is 2. The van der Waals surface area contributed by atoms with E-state index in [1.165, 1.54) is 29.5 Å². The monoisotopic (exact) mass is 325 g/mol. The molecule has 3 nitrogen and oxygen atoms in total. The summed E-state index contributed by atoms with van der Waals surface area (Å²) in [7, 11) is 0. The van der Waals surface area contributed by atoms with Gasteiger partial charge in [-0.25, -0.2) is 0 Å². The Morgan fingerprint density at radius 3 is 1.67 bits per heavy atom. The van der Waals surface area contributed by atoms with Crippen molar-refractivity contribution in [3.05, 3.63) is 53.1 Å². The number of phenols is 2. The first kappa shape index (κ1) is 18.1. The van der Waals surface area contributed by atoms with Gasteiger partial charge in [-0.3, -0.25) is 4.99 Å². The van der Waals surface area contributed by atoms with Crippen LogP contribution in [0.25, 0.3) is 0 Å². The van der Waals surface area contributed by atoms with Crippen LogP contribution in [0.15, 0.2) is 41.4 Å². The first-order valence-electron chi connectivity index (χ1n) is 8.19. The Morgan fingerprint density at radius 2 is 1.25 bits per heavy atom. The van der Waals surface area contributed by atoms with Crippen LogP contribution in [-0.4, -0.2) is 16.4 Å². The lowest BCUT2D eigenvalue weighted by Crippen LogP contribution is -2.16. The van der Waals surface area contributed by atoms with Crippen LogP contribution in [-0.2, 0) is 10.8 Å². The van der Waals surface area contributed by atoms with Gasteiger partial charge >= 0.3 is 0 Å². The second-order valence-electron chi connectivity index (χ2n) is 8.24. The molecule has 2 aromatic carbocycles. The molecule has 0 saturated carbocycles. The SMILES string of the molecule is CC(C)(C)c1cc(N=Cc2c(O)cccc2O)cc(C(C)(C)C)c1. The molecule has 128 valence electrons. The molecule has 2 aromatic rings. The number of benzene rings is 2. The summed E-state index contributed by atoms with van der Waals surface area (Å²) in [6, 6.07) is 11.0. The molecule has 2 N–H and O–H groups in total. The first-order chi connectivity index (χ1) is 11.0. The van der Waals surface area contributed by atoms with Crippen LogP contribution in [0.5, 0.6) is 11.5 Å². The third-order valence-electron chi connectivity index (χ3n) is 4.05. The largest absolute Gasteiger partial charge is 0.507 e. The zero-order valence-electron chi connectivity index (χ0n) is 15.4. The minimum atomic E-state index is 0.0155. The van der Waals surface area contributed by atoms with Crippen molar-refractivity contribution in [2.24, 2.45) is 4.99 Å². The molecule has 0 saturated heterocycles. The smallest absolute Gasteiger partial charge is 0.128 e. The molecule has 0 radical (unpaired) electrons. The summed E-state index contributed by atoms with van der Waals surface area (Å²) in [5, 5.41) is 19.8. The van der Waals surface area contributed by atoms with Crippen LogP contribution in [0.3, 0.4) is 0 Å². The van der Waals surface area contributed by atoms with Gasteiger partial charge in [-0.15, -0.1) is 0 Å². The van der Waals surface area contributed by atoms with Gasteiger partial charge in [-0.2, -0.15) is 0 Å².